The normalized spacial score (nSPS) is 12.8. The van der Waals surface area contributed by atoms with Crippen LogP contribution in [0.2, 0.25) is 0 Å². The summed E-state index contributed by atoms with van der Waals surface area (Å²) >= 11 is 0. The van der Waals surface area contributed by atoms with Gasteiger partial charge < -0.3 is 13.7 Å². The summed E-state index contributed by atoms with van der Waals surface area (Å²) in [6.07, 6.45) is -31.1. The van der Waals surface area contributed by atoms with Crippen LogP contribution in [0.1, 0.15) is 44.5 Å². The molecule has 0 unspecified atom stereocenters. The Morgan fingerprint density at radius 2 is 0.526 bits per heavy atom. The minimum atomic E-state index is -5.20. The van der Waals surface area contributed by atoms with Crippen LogP contribution in [0, 0.1) is 22.7 Å². The first-order valence-electron chi connectivity index (χ1n) is 28.9. The third-order valence-corrected chi connectivity index (χ3v) is 17.1. The maximum Gasteiger partial charge on any atom is 0.416 e. The number of benzene rings is 11. The van der Waals surface area contributed by atoms with Gasteiger partial charge in [-0.25, -0.2) is 0 Å². The van der Waals surface area contributed by atoms with Gasteiger partial charge in [-0.15, -0.1) is 0 Å². The first-order valence-corrected chi connectivity index (χ1v) is 28.9. The minimum Gasteiger partial charge on any atom is -0.309 e. The summed E-state index contributed by atoms with van der Waals surface area (Å²) in [6, 6.07) is 48.2. The molecule has 0 radical (unpaired) electrons. The maximum atomic E-state index is 14.3. The Bertz CT molecular complexity index is 5410. The zero-order valence-electron chi connectivity index (χ0n) is 48.7. The summed E-state index contributed by atoms with van der Waals surface area (Å²) in [5.41, 5.74) is -7.97. The van der Waals surface area contributed by atoms with E-state index in [0.717, 1.165) is 0 Å². The van der Waals surface area contributed by atoms with Crippen LogP contribution in [-0.2, 0) is 37.1 Å². The summed E-state index contributed by atoms with van der Waals surface area (Å²) in [4.78, 5) is 0. The standard InChI is InChI=1S/C74H35F18N5/c75-69(76,77)46-22-42(23-47(33-46)70(78,79)80)39-14-18-64-56(28-39)52-7-1-4-10-60(52)95(64)63-17-13-38(36-93)21-55(63)45-31-67(96-61-11-5-2-8-53(61)57-29-40(15-19-65(57)96)43-24-48(71(81,82)83)34-49(25-43)72(84,85)86)59(37-94)68(32-45)97-62-12-6-3-9-54(62)58-30-41(16-20-66(58)97)44-26-50(73(87,88)89)35-51(27-44)74(90,91)92/h1-35H. The minimum absolute atomic E-state index is 0.000613. The lowest BCUT2D eigenvalue weighted by Gasteiger charge is -2.20. The van der Waals surface area contributed by atoms with E-state index in [1.807, 2.05) is 0 Å². The van der Waals surface area contributed by atoms with Crippen LogP contribution in [0.15, 0.2) is 212 Å². The lowest BCUT2D eigenvalue weighted by atomic mass is 9.96. The third-order valence-electron chi connectivity index (χ3n) is 17.1. The summed E-state index contributed by atoms with van der Waals surface area (Å²) in [5.74, 6) is 0. The van der Waals surface area contributed by atoms with Crippen molar-refractivity contribution in [3.63, 3.8) is 0 Å². The fraction of sp³-hybridized carbons (Fsp3) is 0.0811. The van der Waals surface area contributed by atoms with E-state index in [4.69, 9.17) is 0 Å². The second-order valence-corrected chi connectivity index (χ2v) is 23.0. The molecule has 0 fully saturated rings. The lowest BCUT2D eigenvalue weighted by molar-refractivity contribution is -0.144. The van der Waals surface area contributed by atoms with Crippen molar-refractivity contribution in [1.82, 2.24) is 13.7 Å². The summed E-state index contributed by atoms with van der Waals surface area (Å²) in [7, 11) is 0. The Morgan fingerprint density at radius 3 is 0.814 bits per heavy atom. The van der Waals surface area contributed by atoms with Crippen molar-refractivity contribution in [2.24, 2.45) is 0 Å². The van der Waals surface area contributed by atoms with Crippen molar-refractivity contribution in [3.8, 4) is 73.7 Å². The summed E-state index contributed by atoms with van der Waals surface area (Å²) in [5, 5.41) is 24.7. The average molecular weight is 1340 g/mol. The molecule has 0 saturated carbocycles. The topological polar surface area (TPSA) is 62.4 Å². The van der Waals surface area contributed by atoms with Crippen molar-refractivity contribution in [1.29, 1.82) is 10.5 Å². The van der Waals surface area contributed by atoms with Crippen LogP contribution in [0.4, 0.5) is 79.0 Å². The van der Waals surface area contributed by atoms with Gasteiger partial charge in [0, 0.05) is 37.9 Å². The van der Waals surface area contributed by atoms with Gasteiger partial charge in [-0.05, 0) is 178 Å². The van der Waals surface area contributed by atoms with E-state index in [1.165, 1.54) is 66.7 Å². The Kier molecular flexibility index (Phi) is 14.3. The number of hydrogen-bond donors (Lipinski definition) is 0. The second kappa shape index (κ2) is 22.1. The SMILES string of the molecule is N#Cc1ccc(-n2c3ccccc3c3cc(-c4cc(C(F)(F)F)cc(C(F)(F)F)c4)ccc32)c(-c2cc(-n3c4ccccc4c4cc(-c5cc(C(F)(F)F)cc(C(F)(F)F)c5)ccc43)c(C#N)c(-n3c4ccccc4c4cc(-c5cc(C(F)(F)F)cc(C(F)(F)F)c5)ccc43)c2)c1. The number of hydrogen-bond acceptors (Lipinski definition) is 2. The van der Waals surface area contributed by atoms with Crippen LogP contribution in [0.5, 0.6) is 0 Å². The molecular formula is C74H35F18N5. The Morgan fingerprint density at radius 1 is 0.237 bits per heavy atom. The molecule has 0 N–H and O–H groups in total. The van der Waals surface area contributed by atoms with Crippen molar-refractivity contribution in [3.05, 3.63) is 257 Å². The fourth-order valence-electron chi connectivity index (χ4n) is 12.9. The third kappa shape index (κ3) is 10.9. The molecule has 11 aromatic carbocycles. The Hall–Kier alpha value is -11.5. The zero-order chi connectivity index (χ0) is 68.8. The molecule has 3 aromatic heterocycles. The molecule has 23 heteroatoms. The number of halogens is 18. The summed E-state index contributed by atoms with van der Waals surface area (Å²) < 4.78 is 262. The molecule has 3 heterocycles. The number of para-hydroxylation sites is 3. The lowest BCUT2D eigenvalue weighted by Crippen LogP contribution is -2.11. The molecule has 0 aliphatic carbocycles. The first-order chi connectivity index (χ1) is 45.8. The number of aromatic nitrogens is 3. The highest BCUT2D eigenvalue weighted by Crippen LogP contribution is 2.48. The molecule has 0 spiro atoms. The smallest absolute Gasteiger partial charge is 0.309 e. The van der Waals surface area contributed by atoms with Crippen LogP contribution >= 0.6 is 0 Å². The monoisotopic (exact) mass is 1340 g/mol. The molecule has 14 aromatic rings. The average Bonchev–Trinajstić information content (AvgIpc) is 1.60. The maximum absolute atomic E-state index is 14.3. The van der Waals surface area contributed by atoms with Crippen molar-refractivity contribution in [2.75, 3.05) is 0 Å². The van der Waals surface area contributed by atoms with E-state index in [9.17, 15) is 89.6 Å². The largest absolute Gasteiger partial charge is 0.416 e. The molecule has 0 amide bonds. The second-order valence-electron chi connectivity index (χ2n) is 23.0. The molecule has 5 nitrogen and oxygen atoms in total. The number of rotatable bonds is 7. The molecule has 0 aliphatic rings. The molecule has 0 bridgehead atoms. The van der Waals surface area contributed by atoms with Gasteiger partial charge in [0.15, 0.2) is 0 Å². The number of fused-ring (bicyclic) bond motifs is 9. The quantitative estimate of drug-likeness (QED) is 0.149. The van der Waals surface area contributed by atoms with E-state index < -0.39 is 87.1 Å². The van der Waals surface area contributed by atoms with Gasteiger partial charge in [0.1, 0.15) is 11.6 Å². The highest BCUT2D eigenvalue weighted by Gasteiger charge is 2.40. The highest BCUT2D eigenvalue weighted by atomic mass is 19.4. The number of alkyl halides is 18. The molecule has 482 valence electrons. The van der Waals surface area contributed by atoms with Crippen LogP contribution in [-0.4, -0.2) is 13.7 Å². The van der Waals surface area contributed by atoms with Crippen molar-refractivity contribution >= 4 is 65.4 Å². The van der Waals surface area contributed by atoms with Gasteiger partial charge in [-0.3, -0.25) is 0 Å². The van der Waals surface area contributed by atoms with Gasteiger partial charge in [0.25, 0.3) is 0 Å². The molecule has 97 heavy (non-hydrogen) atoms. The number of nitrogens with zero attached hydrogens (tertiary/aromatic N) is 5. The van der Waals surface area contributed by atoms with Crippen LogP contribution in [0.25, 0.3) is 127 Å². The van der Waals surface area contributed by atoms with E-state index >= 15 is 0 Å². The van der Waals surface area contributed by atoms with Gasteiger partial charge in [-0.2, -0.15) is 89.6 Å². The molecule has 0 saturated heterocycles. The van der Waals surface area contributed by atoms with E-state index in [0.29, 0.717) is 85.7 Å². The predicted octanol–water partition coefficient (Wildman–Crippen LogP) is 23.5. The predicted molar refractivity (Wildman–Crippen MR) is 331 cm³/mol. The zero-order valence-corrected chi connectivity index (χ0v) is 48.7. The first kappa shape index (κ1) is 63.0. The van der Waals surface area contributed by atoms with Gasteiger partial charge in [-0.1, -0.05) is 72.8 Å². The molecular weight excluding hydrogens is 1300 g/mol. The summed E-state index contributed by atoms with van der Waals surface area (Å²) in [6.45, 7) is 0. The van der Waals surface area contributed by atoms with E-state index in [-0.39, 0.29) is 90.3 Å². The molecule has 14 rings (SSSR count). The van der Waals surface area contributed by atoms with Crippen molar-refractivity contribution in [2.45, 2.75) is 37.1 Å². The van der Waals surface area contributed by atoms with Gasteiger partial charge in [0.05, 0.1) is 95.2 Å². The van der Waals surface area contributed by atoms with Gasteiger partial charge in [0.2, 0.25) is 0 Å². The molecule has 0 atom stereocenters. The Balaban J connectivity index is 1.06. The van der Waals surface area contributed by atoms with Crippen LogP contribution < -0.4 is 0 Å². The fourth-order valence-corrected chi connectivity index (χ4v) is 12.9. The van der Waals surface area contributed by atoms with Gasteiger partial charge >= 0.3 is 37.1 Å². The highest BCUT2D eigenvalue weighted by molar-refractivity contribution is 6.14. The Labute approximate surface area is 534 Å². The van der Waals surface area contributed by atoms with E-state index in [2.05, 4.69) is 12.1 Å². The van der Waals surface area contributed by atoms with E-state index in [1.54, 1.807) is 105 Å². The van der Waals surface area contributed by atoms with Crippen LogP contribution in [0.3, 0.4) is 0 Å². The van der Waals surface area contributed by atoms with Crippen molar-refractivity contribution < 1.29 is 79.0 Å². The number of nitriles is 2. The molecule has 0 aliphatic heterocycles.